The number of rotatable bonds is 2. The van der Waals surface area contributed by atoms with Crippen LogP contribution in [0.15, 0.2) is 54.6 Å². The van der Waals surface area contributed by atoms with E-state index in [2.05, 4.69) is 0 Å². The van der Waals surface area contributed by atoms with Crippen LogP contribution >= 0.6 is 23.2 Å². The number of hydrogen-bond donors (Lipinski definition) is 1. The molecule has 0 heterocycles. The first kappa shape index (κ1) is 14.3. The van der Waals surface area contributed by atoms with Gasteiger partial charge in [0.15, 0.2) is 0 Å². The Hall–Kier alpha value is -1.61. The zero-order chi connectivity index (χ0) is 15.0. The van der Waals surface area contributed by atoms with Gasteiger partial charge in [-0.05, 0) is 29.1 Å². The first-order valence-corrected chi connectivity index (χ1v) is 7.21. The Labute approximate surface area is 132 Å². The van der Waals surface area contributed by atoms with Crippen LogP contribution in [0, 0.1) is 5.82 Å². The summed E-state index contributed by atoms with van der Waals surface area (Å²) in [7, 11) is 0. The highest BCUT2D eigenvalue weighted by molar-refractivity contribution is 6.35. The number of benzene rings is 3. The minimum absolute atomic E-state index is 0.351. The highest BCUT2D eigenvalue weighted by Gasteiger charge is 2.17. The van der Waals surface area contributed by atoms with Gasteiger partial charge in [0.2, 0.25) is 0 Å². The summed E-state index contributed by atoms with van der Waals surface area (Å²) < 4.78 is 14.1. The van der Waals surface area contributed by atoms with E-state index in [1.54, 1.807) is 18.2 Å². The first-order chi connectivity index (χ1) is 10.1. The van der Waals surface area contributed by atoms with Gasteiger partial charge in [0.05, 0.1) is 6.04 Å². The molecule has 0 aliphatic heterocycles. The number of nitrogens with two attached hydrogens (primary N) is 1. The molecule has 3 aromatic rings. The third kappa shape index (κ3) is 2.62. The predicted octanol–water partition coefficient (Wildman–Crippen LogP) is 5.33. The molecule has 21 heavy (non-hydrogen) atoms. The van der Waals surface area contributed by atoms with Crippen molar-refractivity contribution >= 4 is 34.0 Å². The summed E-state index contributed by atoms with van der Waals surface area (Å²) >= 11 is 12.0. The zero-order valence-corrected chi connectivity index (χ0v) is 12.5. The van der Waals surface area contributed by atoms with Crippen LogP contribution in [-0.2, 0) is 0 Å². The van der Waals surface area contributed by atoms with Crippen molar-refractivity contribution in [2.75, 3.05) is 0 Å². The van der Waals surface area contributed by atoms with Gasteiger partial charge in [0, 0.05) is 21.0 Å². The second-order valence-electron chi connectivity index (χ2n) is 4.83. The van der Waals surface area contributed by atoms with Gasteiger partial charge in [0.25, 0.3) is 0 Å². The summed E-state index contributed by atoms with van der Waals surface area (Å²) in [6.45, 7) is 0. The molecule has 0 aliphatic rings. The van der Waals surface area contributed by atoms with Gasteiger partial charge in [-0.25, -0.2) is 4.39 Å². The number of fused-ring (bicyclic) bond motifs is 1. The van der Waals surface area contributed by atoms with Gasteiger partial charge in [-0.3, -0.25) is 0 Å². The second-order valence-corrected chi connectivity index (χ2v) is 5.67. The molecule has 0 spiro atoms. The Kier molecular flexibility index (Phi) is 3.85. The van der Waals surface area contributed by atoms with Gasteiger partial charge >= 0.3 is 0 Å². The van der Waals surface area contributed by atoms with E-state index in [4.69, 9.17) is 28.9 Å². The van der Waals surface area contributed by atoms with Crippen LogP contribution in [0.5, 0.6) is 0 Å². The lowest BCUT2D eigenvalue weighted by molar-refractivity contribution is 0.600. The normalized spacial score (nSPS) is 12.6. The standard InChI is InChI=1S/C17H12Cl2FN/c18-10-5-6-14(16(20)9-10)17(21)13-7-8-15(19)12-4-2-1-3-11(12)13/h1-9,17H,21H2. The molecule has 2 N–H and O–H groups in total. The van der Waals surface area contributed by atoms with Gasteiger partial charge in [0.1, 0.15) is 5.82 Å². The van der Waals surface area contributed by atoms with E-state index in [0.717, 1.165) is 16.3 Å². The van der Waals surface area contributed by atoms with Crippen molar-refractivity contribution in [3.05, 3.63) is 81.6 Å². The largest absolute Gasteiger partial charge is 0.320 e. The van der Waals surface area contributed by atoms with Crippen LogP contribution in [0.4, 0.5) is 4.39 Å². The van der Waals surface area contributed by atoms with Gasteiger partial charge in [-0.15, -0.1) is 0 Å². The Morgan fingerprint density at radius 3 is 2.24 bits per heavy atom. The van der Waals surface area contributed by atoms with Crippen molar-refractivity contribution < 1.29 is 4.39 Å². The van der Waals surface area contributed by atoms with Gasteiger partial charge < -0.3 is 5.73 Å². The smallest absolute Gasteiger partial charge is 0.129 e. The Morgan fingerprint density at radius 2 is 1.52 bits per heavy atom. The fourth-order valence-corrected chi connectivity index (χ4v) is 2.86. The van der Waals surface area contributed by atoms with Crippen LogP contribution in [0.2, 0.25) is 10.0 Å². The topological polar surface area (TPSA) is 26.0 Å². The average Bonchev–Trinajstić information content (AvgIpc) is 2.47. The molecule has 1 nitrogen and oxygen atoms in total. The maximum absolute atomic E-state index is 14.1. The molecule has 0 saturated carbocycles. The highest BCUT2D eigenvalue weighted by atomic mass is 35.5. The molecular weight excluding hydrogens is 308 g/mol. The van der Waals surface area contributed by atoms with E-state index in [1.807, 2.05) is 30.3 Å². The summed E-state index contributed by atoms with van der Waals surface area (Å²) in [5.74, 6) is -0.408. The quantitative estimate of drug-likeness (QED) is 0.678. The SMILES string of the molecule is NC(c1ccc(Cl)cc1F)c1ccc(Cl)c2ccccc12. The molecule has 3 aromatic carbocycles. The number of hydrogen-bond acceptors (Lipinski definition) is 1. The molecule has 0 fully saturated rings. The van der Waals surface area contributed by atoms with Gasteiger partial charge in [-0.1, -0.05) is 59.6 Å². The molecule has 0 aromatic heterocycles. The lowest BCUT2D eigenvalue weighted by Gasteiger charge is -2.16. The summed E-state index contributed by atoms with van der Waals surface area (Å²) in [6.07, 6.45) is 0. The Bertz CT molecular complexity index is 817. The molecule has 1 unspecified atom stereocenters. The van der Waals surface area contributed by atoms with Crippen molar-refractivity contribution in [3.8, 4) is 0 Å². The lowest BCUT2D eigenvalue weighted by atomic mass is 9.94. The first-order valence-electron chi connectivity index (χ1n) is 6.45. The maximum Gasteiger partial charge on any atom is 0.129 e. The molecule has 3 rings (SSSR count). The fourth-order valence-electron chi connectivity index (χ4n) is 2.48. The maximum atomic E-state index is 14.1. The molecule has 1 atom stereocenters. The van der Waals surface area contributed by atoms with Crippen molar-refractivity contribution in [2.45, 2.75) is 6.04 Å². The molecule has 106 valence electrons. The van der Waals surface area contributed by atoms with E-state index < -0.39 is 11.9 Å². The highest BCUT2D eigenvalue weighted by Crippen LogP contribution is 2.32. The Morgan fingerprint density at radius 1 is 0.857 bits per heavy atom. The Balaban J connectivity index is 2.18. The van der Waals surface area contributed by atoms with Crippen LogP contribution in [0.25, 0.3) is 10.8 Å². The van der Waals surface area contributed by atoms with Crippen molar-refractivity contribution in [3.63, 3.8) is 0 Å². The van der Waals surface area contributed by atoms with Crippen LogP contribution < -0.4 is 5.73 Å². The molecule has 0 aliphatic carbocycles. The van der Waals surface area contributed by atoms with E-state index in [1.165, 1.54) is 6.07 Å². The van der Waals surface area contributed by atoms with E-state index in [9.17, 15) is 4.39 Å². The summed E-state index contributed by atoms with van der Waals surface area (Å²) in [5.41, 5.74) is 7.50. The molecule has 0 radical (unpaired) electrons. The molecular formula is C17H12Cl2FN. The van der Waals surface area contributed by atoms with Crippen LogP contribution in [0.3, 0.4) is 0 Å². The van der Waals surface area contributed by atoms with E-state index in [-0.39, 0.29) is 0 Å². The minimum Gasteiger partial charge on any atom is -0.320 e. The van der Waals surface area contributed by atoms with Crippen molar-refractivity contribution in [2.24, 2.45) is 5.73 Å². The summed E-state index contributed by atoms with van der Waals surface area (Å²) in [6, 6.07) is 15.2. The van der Waals surface area contributed by atoms with Crippen LogP contribution in [0.1, 0.15) is 17.2 Å². The average molecular weight is 320 g/mol. The predicted molar refractivity (Wildman–Crippen MR) is 86.4 cm³/mol. The van der Waals surface area contributed by atoms with Crippen LogP contribution in [-0.4, -0.2) is 0 Å². The van der Waals surface area contributed by atoms with E-state index >= 15 is 0 Å². The van der Waals surface area contributed by atoms with Gasteiger partial charge in [-0.2, -0.15) is 0 Å². The van der Waals surface area contributed by atoms with Crippen molar-refractivity contribution in [1.29, 1.82) is 0 Å². The van der Waals surface area contributed by atoms with E-state index in [0.29, 0.717) is 15.6 Å². The monoisotopic (exact) mass is 319 g/mol. The second kappa shape index (κ2) is 5.64. The zero-order valence-electron chi connectivity index (χ0n) is 11.0. The molecule has 0 amide bonds. The third-order valence-corrected chi connectivity index (χ3v) is 4.10. The summed E-state index contributed by atoms with van der Waals surface area (Å²) in [4.78, 5) is 0. The lowest BCUT2D eigenvalue weighted by Crippen LogP contribution is -2.14. The summed E-state index contributed by atoms with van der Waals surface area (Å²) in [5, 5.41) is 2.83. The molecule has 0 bridgehead atoms. The molecule has 0 saturated heterocycles. The fraction of sp³-hybridized carbons (Fsp3) is 0.0588. The third-order valence-electron chi connectivity index (χ3n) is 3.54. The minimum atomic E-state index is -0.579. The molecule has 4 heteroatoms. The van der Waals surface area contributed by atoms with Crippen molar-refractivity contribution in [1.82, 2.24) is 0 Å². The number of halogens is 3.